The normalized spacial score (nSPS) is 11.1. The molecule has 0 saturated carbocycles. The summed E-state index contributed by atoms with van der Waals surface area (Å²) >= 11 is 1.57. The lowest BCUT2D eigenvalue weighted by molar-refractivity contribution is 0.587. The van der Waals surface area contributed by atoms with E-state index in [4.69, 9.17) is 0 Å². The minimum Gasteiger partial charge on any atom is -0.329 e. The smallest absolute Gasteiger partial charge is 0.174 e. The van der Waals surface area contributed by atoms with Gasteiger partial charge in [0, 0.05) is 38.2 Å². The quantitative estimate of drug-likeness (QED) is 0.899. The van der Waals surface area contributed by atoms with Crippen LogP contribution in [0.5, 0.6) is 0 Å². The van der Waals surface area contributed by atoms with E-state index < -0.39 is 0 Å². The molecule has 2 rings (SSSR count). The second-order valence-electron chi connectivity index (χ2n) is 4.46. The molecule has 5 heteroatoms. The summed E-state index contributed by atoms with van der Waals surface area (Å²) in [7, 11) is 1.98. The molecule has 18 heavy (non-hydrogen) atoms. The van der Waals surface area contributed by atoms with Crippen LogP contribution in [-0.2, 0) is 13.6 Å². The number of hydrogen-bond donors (Lipinski definition) is 1. The molecule has 1 N–H and O–H groups in total. The minimum atomic E-state index is 0.492. The maximum Gasteiger partial charge on any atom is 0.174 e. The molecule has 2 aromatic heterocycles. The molecule has 4 nitrogen and oxygen atoms in total. The van der Waals surface area contributed by atoms with Crippen molar-refractivity contribution in [2.45, 2.75) is 36.6 Å². The molecule has 0 aliphatic carbocycles. The van der Waals surface area contributed by atoms with E-state index in [1.54, 1.807) is 18.0 Å². The van der Waals surface area contributed by atoms with Crippen molar-refractivity contribution in [3.8, 4) is 0 Å². The van der Waals surface area contributed by atoms with Gasteiger partial charge in [-0.05, 0) is 23.4 Å². The van der Waals surface area contributed by atoms with Crippen LogP contribution in [0.1, 0.15) is 19.4 Å². The number of nitrogens with zero attached hydrogens (tertiary/aromatic N) is 3. The second kappa shape index (κ2) is 6.02. The molecule has 0 amide bonds. The molecule has 0 spiro atoms. The van der Waals surface area contributed by atoms with Crippen molar-refractivity contribution >= 4 is 11.8 Å². The SMILES string of the molecule is CC(C)NCc1ccc(Sc2nccn2C)nc1. The lowest BCUT2D eigenvalue weighted by Crippen LogP contribution is -2.21. The molecule has 0 atom stereocenters. The van der Waals surface area contributed by atoms with Crippen LogP contribution in [0.4, 0.5) is 0 Å². The number of aromatic nitrogens is 3. The van der Waals surface area contributed by atoms with E-state index in [2.05, 4.69) is 35.2 Å². The average molecular weight is 262 g/mol. The molecule has 0 aliphatic rings. The van der Waals surface area contributed by atoms with Crippen molar-refractivity contribution in [3.63, 3.8) is 0 Å². The first-order valence-corrected chi connectivity index (χ1v) is 6.80. The Morgan fingerprint density at radius 2 is 2.17 bits per heavy atom. The number of pyridine rings is 1. The highest BCUT2D eigenvalue weighted by atomic mass is 32.2. The van der Waals surface area contributed by atoms with E-state index >= 15 is 0 Å². The summed E-state index contributed by atoms with van der Waals surface area (Å²) in [5.41, 5.74) is 1.20. The Bertz CT molecular complexity index is 490. The molecule has 96 valence electrons. The predicted molar refractivity (Wildman–Crippen MR) is 73.5 cm³/mol. The fourth-order valence-electron chi connectivity index (χ4n) is 1.44. The molecular formula is C13H18N4S. The first kappa shape index (κ1) is 13.1. The lowest BCUT2D eigenvalue weighted by atomic mass is 10.2. The Morgan fingerprint density at radius 3 is 2.72 bits per heavy atom. The maximum absolute atomic E-state index is 4.44. The van der Waals surface area contributed by atoms with E-state index in [0.717, 1.165) is 16.7 Å². The molecule has 0 radical (unpaired) electrons. The van der Waals surface area contributed by atoms with Crippen molar-refractivity contribution in [2.24, 2.45) is 7.05 Å². The molecule has 0 aliphatic heterocycles. The van der Waals surface area contributed by atoms with Crippen LogP contribution in [0.25, 0.3) is 0 Å². The molecular weight excluding hydrogens is 244 g/mol. The van der Waals surface area contributed by atoms with Gasteiger partial charge in [0.25, 0.3) is 0 Å². The zero-order valence-corrected chi connectivity index (χ0v) is 11.7. The van der Waals surface area contributed by atoms with Crippen molar-refractivity contribution in [3.05, 3.63) is 36.3 Å². The topological polar surface area (TPSA) is 42.7 Å². The van der Waals surface area contributed by atoms with Crippen LogP contribution in [0.15, 0.2) is 40.9 Å². The Kier molecular flexibility index (Phi) is 4.38. The van der Waals surface area contributed by atoms with Gasteiger partial charge in [0.2, 0.25) is 0 Å². The lowest BCUT2D eigenvalue weighted by Gasteiger charge is -2.08. The summed E-state index contributed by atoms with van der Waals surface area (Å²) in [5.74, 6) is 0. The first-order chi connectivity index (χ1) is 8.65. The summed E-state index contributed by atoms with van der Waals surface area (Å²) in [6, 6.07) is 4.64. The van der Waals surface area contributed by atoms with Crippen LogP contribution < -0.4 is 5.32 Å². The predicted octanol–water partition coefficient (Wildman–Crippen LogP) is 2.46. The van der Waals surface area contributed by atoms with E-state index in [1.807, 2.05) is 30.1 Å². The molecule has 2 aromatic rings. The average Bonchev–Trinajstić information content (AvgIpc) is 2.74. The summed E-state index contributed by atoms with van der Waals surface area (Å²) in [5, 5.41) is 5.30. The Morgan fingerprint density at radius 1 is 1.33 bits per heavy atom. The van der Waals surface area contributed by atoms with Gasteiger partial charge in [-0.3, -0.25) is 0 Å². The molecule has 0 bridgehead atoms. The van der Waals surface area contributed by atoms with Crippen molar-refractivity contribution in [1.29, 1.82) is 0 Å². The van der Waals surface area contributed by atoms with Gasteiger partial charge in [0.1, 0.15) is 5.03 Å². The maximum atomic E-state index is 4.44. The van der Waals surface area contributed by atoms with Crippen LogP contribution in [0.2, 0.25) is 0 Å². The standard InChI is InChI=1S/C13H18N4S/c1-10(2)15-8-11-4-5-12(16-9-11)18-13-14-6-7-17(13)3/h4-7,9-10,15H,8H2,1-3H3. The first-order valence-electron chi connectivity index (χ1n) is 5.98. The zero-order chi connectivity index (χ0) is 13.0. The fourth-order valence-corrected chi connectivity index (χ4v) is 2.19. The van der Waals surface area contributed by atoms with Gasteiger partial charge in [-0.25, -0.2) is 9.97 Å². The molecule has 0 saturated heterocycles. The Hall–Kier alpha value is -1.33. The number of aryl methyl sites for hydroxylation is 1. The fraction of sp³-hybridized carbons (Fsp3) is 0.385. The van der Waals surface area contributed by atoms with E-state index in [0.29, 0.717) is 6.04 Å². The number of imidazole rings is 1. The van der Waals surface area contributed by atoms with Gasteiger partial charge in [-0.2, -0.15) is 0 Å². The van der Waals surface area contributed by atoms with Crippen molar-refractivity contribution in [1.82, 2.24) is 19.9 Å². The van der Waals surface area contributed by atoms with E-state index in [-0.39, 0.29) is 0 Å². The van der Waals surface area contributed by atoms with Gasteiger partial charge in [-0.15, -0.1) is 0 Å². The van der Waals surface area contributed by atoms with Crippen LogP contribution in [-0.4, -0.2) is 20.6 Å². The van der Waals surface area contributed by atoms with E-state index in [9.17, 15) is 0 Å². The molecule has 0 fully saturated rings. The third-order valence-electron chi connectivity index (χ3n) is 2.48. The third-order valence-corrected chi connectivity index (χ3v) is 3.51. The summed E-state index contributed by atoms with van der Waals surface area (Å²) in [4.78, 5) is 8.71. The molecule has 2 heterocycles. The van der Waals surface area contributed by atoms with Gasteiger partial charge in [0.15, 0.2) is 5.16 Å². The summed E-state index contributed by atoms with van der Waals surface area (Å²) in [6.45, 7) is 5.13. The van der Waals surface area contributed by atoms with Crippen LogP contribution >= 0.6 is 11.8 Å². The third kappa shape index (κ3) is 3.58. The minimum absolute atomic E-state index is 0.492. The van der Waals surface area contributed by atoms with Crippen molar-refractivity contribution < 1.29 is 0 Å². The van der Waals surface area contributed by atoms with E-state index in [1.165, 1.54) is 5.56 Å². The number of nitrogens with one attached hydrogen (secondary N) is 1. The Balaban J connectivity index is 1.97. The van der Waals surface area contributed by atoms with Crippen molar-refractivity contribution in [2.75, 3.05) is 0 Å². The van der Waals surface area contributed by atoms with Gasteiger partial charge < -0.3 is 9.88 Å². The molecule has 0 unspecified atom stereocenters. The van der Waals surface area contributed by atoms with Crippen LogP contribution in [0, 0.1) is 0 Å². The highest BCUT2D eigenvalue weighted by Crippen LogP contribution is 2.23. The number of rotatable bonds is 5. The van der Waals surface area contributed by atoms with Gasteiger partial charge >= 0.3 is 0 Å². The van der Waals surface area contributed by atoms with Gasteiger partial charge in [0.05, 0.1) is 0 Å². The second-order valence-corrected chi connectivity index (χ2v) is 5.45. The molecule has 0 aromatic carbocycles. The highest BCUT2D eigenvalue weighted by Gasteiger charge is 2.03. The zero-order valence-electron chi connectivity index (χ0n) is 10.9. The summed E-state index contributed by atoms with van der Waals surface area (Å²) < 4.78 is 1.99. The number of hydrogen-bond acceptors (Lipinski definition) is 4. The monoisotopic (exact) mass is 262 g/mol. The van der Waals surface area contributed by atoms with Gasteiger partial charge in [-0.1, -0.05) is 19.9 Å². The summed E-state index contributed by atoms with van der Waals surface area (Å²) in [6.07, 6.45) is 5.65. The highest BCUT2D eigenvalue weighted by molar-refractivity contribution is 7.99. The van der Waals surface area contributed by atoms with Crippen LogP contribution in [0.3, 0.4) is 0 Å². The largest absolute Gasteiger partial charge is 0.329 e. The Labute approximate surface area is 112 Å².